The van der Waals surface area contributed by atoms with E-state index in [1.165, 1.54) is 0 Å². The van der Waals surface area contributed by atoms with Gasteiger partial charge in [-0.1, -0.05) is 0 Å². The summed E-state index contributed by atoms with van der Waals surface area (Å²) in [6.45, 7) is 0. The molecule has 1 rings (SSSR count). The van der Waals surface area contributed by atoms with Gasteiger partial charge in [-0.3, -0.25) is 0 Å². The molecule has 160 valence electrons. The van der Waals surface area contributed by atoms with Crippen molar-refractivity contribution in [1.29, 1.82) is 0 Å². The largest absolute Gasteiger partial charge is 0.460 e. The summed E-state index contributed by atoms with van der Waals surface area (Å²) in [5, 5.41) is 0. The molecule has 0 unspecified atom stereocenters. The second-order valence-electron chi connectivity index (χ2n) is 4.80. The molecule has 0 spiro atoms. The highest BCUT2D eigenvalue weighted by Crippen LogP contribution is 2.66. The average Bonchev–Trinajstić information content (AvgIpc) is 2.45. The first-order valence-electron chi connectivity index (χ1n) is 5.63. The van der Waals surface area contributed by atoms with Gasteiger partial charge in [-0.15, -0.1) is 0 Å². The predicted octanol–water partition coefficient (Wildman–Crippen LogP) is 5.70. The highest BCUT2D eigenvalue weighted by atomic mass is 19.4. The SMILES string of the molecule is FC(=C(N1C(F)(F)C(F)(F)C(F)(F)C1(F)F)C(F)(F)F)C(F)(F)C(F)(F)F. The van der Waals surface area contributed by atoms with Crippen molar-refractivity contribution in [2.75, 3.05) is 0 Å². The zero-order chi connectivity index (χ0) is 22.2. The molecular weight excluding hydrogens is 445 g/mol. The Balaban J connectivity index is 4.01. The molecule has 0 saturated carbocycles. The zero-order valence-electron chi connectivity index (χ0n) is 11.4. The lowest BCUT2D eigenvalue weighted by Gasteiger charge is -2.34. The van der Waals surface area contributed by atoms with E-state index in [-0.39, 0.29) is 0 Å². The van der Waals surface area contributed by atoms with Gasteiger partial charge in [0.2, 0.25) is 5.83 Å². The number of hydrogen-bond acceptors (Lipinski definition) is 1. The maximum Gasteiger partial charge on any atom is 0.460 e. The van der Waals surface area contributed by atoms with E-state index < -0.39 is 58.6 Å². The molecule has 1 saturated heterocycles. The third kappa shape index (κ3) is 2.76. The van der Waals surface area contributed by atoms with Gasteiger partial charge < -0.3 is 0 Å². The summed E-state index contributed by atoms with van der Waals surface area (Å²) < 4.78 is 216. The van der Waals surface area contributed by atoms with E-state index in [0.29, 0.717) is 0 Å². The van der Waals surface area contributed by atoms with E-state index >= 15 is 0 Å². The minimum Gasteiger partial charge on any atom is -0.235 e. The van der Waals surface area contributed by atoms with E-state index in [2.05, 4.69) is 0 Å². The van der Waals surface area contributed by atoms with Gasteiger partial charge in [-0.2, -0.15) is 70.2 Å². The standard InChI is InChI=1S/C9F17N/c10-1(3(11,12)7(20,21)22)2(4(13,14)15)27-8(23,24)5(16,17)6(18,19)9(27,25)26. The van der Waals surface area contributed by atoms with Crippen LogP contribution >= 0.6 is 0 Å². The summed E-state index contributed by atoms with van der Waals surface area (Å²) in [7, 11) is 0. The van der Waals surface area contributed by atoms with Crippen molar-refractivity contribution in [3.05, 3.63) is 11.5 Å². The van der Waals surface area contributed by atoms with Gasteiger partial charge in [-0.25, -0.2) is 9.29 Å². The van der Waals surface area contributed by atoms with Crippen molar-refractivity contribution >= 4 is 0 Å². The molecule has 0 bridgehead atoms. The van der Waals surface area contributed by atoms with Crippen molar-refractivity contribution in [2.45, 2.75) is 42.2 Å². The fourth-order valence-corrected chi connectivity index (χ4v) is 1.74. The van der Waals surface area contributed by atoms with Gasteiger partial charge in [0, 0.05) is 0 Å². The number of alkyl halides is 16. The van der Waals surface area contributed by atoms with Crippen LogP contribution in [0, 0.1) is 0 Å². The minimum atomic E-state index is -7.44. The molecule has 1 fully saturated rings. The van der Waals surface area contributed by atoms with Crippen molar-refractivity contribution in [3.63, 3.8) is 0 Å². The summed E-state index contributed by atoms with van der Waals surface area (Å²) in [6.07, 6.45) is -14.8. The van der Waals surface area contributed by atoms with Gasteiger partial charge >= 0.3 is 42.2 Å². The number of allylic oxidation sites excluding steroid dienone is 2. The Morgan fingerprint density at radius 1 is 0.593 bits per heavy atom. The van der Waals surface area contributed by atoms with Crippen LogP contribution in [0.25, 0.3) is 0 Å². The third-order valence-electron chi connectivity index (χ3n) is 3.04. The Morgan fingerprint density at radius 2 is 0.889 bits per heavy atom. The van der Waals surface area contributed by atoms with Crippen molar-refractivity contribution in [1.82, 2.24) is 4.90 Å². The second kappa shape index (κ2) is 5.45. The molecule has 27 heavy (non-hydrogen) atoms. The summed E-state index contributed by atoms with van der Waals surface area (Å²) in [5.74, 6) is -27.5. The van der Waals surface area contributed by atoms with Crippen LogP contribution in [-0.2, 0) is 0 Å². The predicted molar refractivity (Wildman–Crippen MR) is 46.8 cm³/mol. The molecule has 0 atom stereocenters. The van der Waals surface area contributed by atoms with Crippen LogP contribution < -0.4 is 0 Å². The van der Waals surface area contributed by atoms with Gasteiger partial charge in [0.1, 0.15) is 0 Å². The lowest BCUT2D eigenvalue weighted by atomic mass is 10.2. The molecule has 0 aliphatic carbocycles. The molecule has 0 aromatic rings. The zero-order valence-corrected chi connectivity index (χ0v) is 11.4. The Labute approximate surface area is 135 Å². The number of rotatable bonds is 2. The number of nitrogens with zero attached hydrogens (tertiary/aromatic N) is 1. The quantitative estimate of drug-likeness (QED) is 0.390. The van der Waals surface area contributed by atoms with Gasteiger partial charge in [0.15, 0.2) is 5.70 Å². The molecule has 1 aliphatic rings. The second-order valence-corrected chi connectivity index (χ2v) is 4.80. The Hall–Kier alpha value is -1.65. The summed E-state index contributed by atoms with van der Waals surface area (Å²) >= 11 is 0. The first-order chi connectivity index (χ1) is 11.4. The monoisotopic (exact) mass is 445 g/mol. The van der Waals surface area contributed by atoms with Crippen LogP contribution in [0.3, 0.4) is 0 Å². The molecule has 0 aromatic heterocycles. The lowest BCUT2D eigenvalue weighted by Crippen LogP contribution is -2.54. The van der Waals surface area contributed by atoms with Crippen LogP contribution in [0.15, 0.2) is 11.5 Å². The smallest absolute Gasteiger partial charge is 0.235 e. The van der Waals surface area contributed by atoms with Crippen LogP contribution in [-0.4, -0.2) is 47.1 Å². The van der Waals surface area contributed by atoms with E-state index in [9.17, 15) is 74.6 Å². The molecule has 18 heteroatoms. The van der Waals surface area contributed by atoms with Gasteiger partial charge in [-0.05, 0) is 0 Å². The van der Waals surface area contributed by atoms with Gasteiger partial charge in [0.05, 0.1) is 0 Å². The molecule has 1 nitrogen and oxygen atoms in total. The molecule has 0 amide bonds. The Morgan fingerprint density at radius 3 is 1.11 bits per heavy atom. The lowest BCUT2D eigenvalue weighted by molar-refractivity contribution is -0.303. The van der Waals surface area contributed by atoms with Crippen molar-refractivity contribution in [2.24, 2.45) is 0 Å². The van der Waals surface area contributed by atoms with Crippen LogP contribution in [0.2, 0.25) is 0 Å². The highest BCUT2D eigenvalue weighted by Gasteiger charge is 2.94. The Kier molecular flexibility index (Phi) is 4.72. The first kappa shape index (κ1) is 23.4. The molecule has 1 heterocycles. The Bertz CT molecular complexity index is 608. The highest BCUT2D eigenvalue weighted by molar-refractivity contribution is 5.28. The summed E-state index contributed by atoms with van der Waals surface area (Å²) in [6, 6.07) is -14.9. The summed E-state index contributed by atoms with van der Waals surface area (Å²) in [4.78, 5) is -3.82. The first-order valence-corrected chi connectivity index (χ1v) is 5.63. The molecule has 1 aliphatic heterocycles. The maximum atomic E-state index is 13.2. The van der Waals surface area contributed by atoms with Crippen molar-refractivity contribution < 1.29 is 74.6 Å². The van der Waals surface area contributed by atoms with Gasteiger partial charge in [0.25, 0.3) is 0 Å². The fraction of sp³-hybridized carbons (Fsp3) is 0.778. The van der Waals surface area contributed by atoms with Crippen LogP contribution in [0.1, 0.15) is 0 Å². The van der Waals surface area contributed by atoms with E-state index in [0.717, 1.165) is 0 Å². The number of halogens is 17. The molecule has 0 aromatic carbocycles. The fourth-order valence-electron chi connectivity index (χ4n) is 1.74. The minimum absolute atomic E-state index is 3.82. The number of hydrogen-bond donors (Lipinski definition) is 0. The van der Waals surface area contributed by atoms with Crippen LogP contribution in [0.4, 0.5) is 74.6 Å². The molecule has 0 radical (unpaired) electrons. The topological polar surface area (TPSA) is 3.24 Å². The van der Waals surface area contributed by atoms with E-state index in [1.54, 1.807) is 0 Å². The molecular formula is C9F17N. The maximum absolute atomic E-state index is 13.2. The molecule has 0 N–H and O–H groups in total. The van der Waals surface area contributed by atoms with Crippen molar-refractivity contribution in [3.8, 4) is 0 Å². The van der Waals surface area contributed by atoms with E-state index in [1.807, 2.05) is 0 Å². The average molecular weight is 445 g/mol. The van der Waals surface area contributed by atoms with Crippen LogP contribution in [0.5, 0.6) is 0 Å². The normalized spacial score (nSPS) is 25.4. The summed E-state index contributed by atoms with van der Waals surface area (Å²) in [5.41, 5.74) is -5.06. The number of likely N-dealkylation sites (tertiary alicyclic amines) is 1. The van der Waals surface area contributed by atoms with E-state index in [4.69, 9.17) is 0 Å². The third-order valence-corrected chi connectivity index (χ3v) is 3.04.